The van der Waals surface area contributed by atoms with Gasteiger partial charge < -0.3 is 27.8 Å². The van der Waals surface area contributed by atoms with Gasteiger partial charge in [0, 0.05) is 26.0 Å². The van der Waals surface area contributed by atoms with E-state index in [1.807, 2.05) is 30.3 Å². The number of methoxy groups -OCH3 is 1. The first kappa shape index (κ1) is 29.1. The van der Waals surface area contributed by atoms with E-state index in [0.29, 0.717) is 45.2 Å². The Hall–Kier alpha value is -1.91. The predicted octanol–water partition coefficient (Wildman–Crippen LogP) is 4.30. The van der Waals surface area contributed by atoms with E-state index in [9.17, 15) is 9.59 Å². The van der Waals surface area contributed by atoms with Crippen LogP contribution in [0.25, 0.3) is 0 Å². The summed E-state index contributed by atoms with van der Waals surface area (Å²) >= 11 is 0. The molecule has 0 bridgehead atoms. The topological polar surface area (TPSA) is 110 Å². The second kappa shape index (κ2) is 15.6. The molecule has 0 radical (unpaired) electrons. The molecule has 2 heterocycles. The lowest BCUT2D eigenvalue weighted by atomic mass is 9.90. The Kier molecular flexibility index (Phi) is 12.0. The Morgan fingerprint density at radius 3 is 2.55 bits per heavy atom. The smallest absolute Gasteiger partial charge is 0.333 e. The van der Waals surface area contributed by atoms with E-state index in [1.165, 1.54) is 48.9 Å². The maximum absolute atomic E-state index is 12.1. The number of hydrogen-bond acceptors (Lipinski definition) is 8. The highest BCUT2D eigenvalue weighted by Crippen LogP contribution is 2.42. The van der Waals surface area contributed by atoms with Crippen LogP contribution < -0.4 is 11.2 Å². The quantitative estimate of drug-likeness (QED) is 0.327. The summed E-state index contributed by atoms with van der Waals surface area (Å²) in [7, 11) is -0.0231. The second-order valence-electron chi connectivity index (χ2n) is 9.80. The minimum Gasteiger partial charge on any atom is -0.382 e. The number of rotatable bonds is 15. The number of nitrogens with zero attached hydrogens (tertiary/aromatic N) is 1. The first-order valence-corrected chi connectivity index (χ1v) is 14.5. The van der Waals surface area contributed by atoms with Gasteiger partial charge in [0.1, 0.15) is 12.3 Å². The van der Waals surface area contributed by atoms with Crippen LogP contribution in [0.5, 0.6) is 0 Å². The van der Waals surface area contributed by atoms with Gasteiger partial charge in [0.25, 0.3) is 5.56 Å². The Morgan fingerprint density at radius 2 is 1.79 bits per heavy atom. The highest BCUT2D eigenvalue weighted by molar-refractivity contribution is 7.41. The zero-order valence-corrected chi connectivity index (χ0v) is 22.9. The van der Waals surface area contributed by atoms with Gasteiger partial charge in [-0.1, -0.05) is 49.6 Å². The summed E-state index contributed by atoms with van der Waals surface area (Å²) in [6.45, 7) is 2.04. The molecule has 210 valence electrons. The summed E-state index contributed by atoms with van der Waals surface area (Å²) in [4.78, 5) is 25.7. The molecular weight excluding hydrogens is 511 g/mol. The monoisotopic (exact) mass is 550 g/mol. The fourth-order valence-electron chi connectivity index (χ4n) is 4.73. The van der Waals surface area contributed by atoms with Crippen molar-refractivity contribution in [3.8, 4) is 0 Å². The molecule has 4 rings (SSSR count). The average molecular weight is 551 g/mol. The number of hydrogen-bond donors (Lipinski definition) is 1. The Balaban J connectivity index is 1.29. The van der Waals surface area contributed by atoms with Crippen LogP contribution in [0.3, 0.4) is 0 Å². The summed E-state index contributed by atoms with van der Waals surface area (Å²) in [5, 5.41) is 0. The molecule has 1 saturated carbocycles. The van der Waals surface area contributed by atoms with Crippen LogP contribution in [0.1, 0.15) is 56.7 Å². The molecule has 2 aliphatic rings. The van der Waals surface area contributed by atoms with Crippen LogP contribution in [-0.2, 0) is 34.4 Å². The number of aromatic amines is 1. The lowest BCUT2D eigenvalue weighted by Gasteiger charge is -2.26. The van der Waals surface area contributed by atoms with E-state index in [1.54, 1.807) is 7.11 Å². The first-order chi connectivity index (χ1) is 18.6. The van der Waals surface area contributed by atoms with E-state index < -0.39 is 26.1 Å². The van der Waals surface area contributed by atoms with Crippen molar-refractivity contribution in [2.24, 2.45) is 5.92 Å². The van der Waals surface area contributed by atoms with Gasteiger partial charge in [-0.3, -0.25) is 14.3 Å². The van der Waals surface area contributed by atoms with Crippen molar-refractivity contribution in [1.82, 2.24) is 9.55 Å². The highest BCUT2D eigenvalue weighted by atomic mass is 31.2. The minimum atomic E-state index is -1.68. The van der Waals surface area contributed by atoms with Crippen molar-refractivity contribution in [3.63, 3.8) is 0 Å². The molecule has 1 saturated heterocycles. The van der Waals surface area contributed by atoms with Crippen LogP contribution in [0.2, 0.25) is 0 Å². The Bertz CT molecular complexity index is 1060. The fraction of sp³-hybridized carbons (Fsp3) is 0.630. The molecule has 4 atom stereocenters. The number of ether oxygens (including phenoxy) is 3. The van der Waals surface area contributed by atoms with E-state index >= 15 is 0 Å². The van der Waals surface area contributed by atoms with E-state index in [4.69, 9.17) is 27.8 Å². The number of aromatic nitrogens is 2. The molecule has 0 spiro atoms. The molecular formula is C27H39N2O8P. The normalized spacial score (nSPS) is 21.9. The maximum atomic E-state index is 12.1. The summed E-state index contributed by atoms with van der Waals surface area (Å²) < 4.78 is 37.1. The second-order valence-corrected chi connectivity index (χ2v) is 11.0. The van der Waals surface area contributed by atoms with E-state index in [0.717, 1.165) is 5.56 Å². The maximum Gasteiger partial charge on any atom is 0.333 e. The number of nitrogens with one attached hydrogen (secondary N) is 1. The zero-order chi connectivity index (χ0) is 26.6. The van der Waals surface area contributed by atoms with Gasteiger partial charge in [-0.2, -0.15) is 0 Å². The fourth-order valence-corrected chi connectivity index (χ4v) is 5.78. The molecule has 1 aliphatic carbocycles. The standard InChI is InChI=1S/C27H39N2O8P/c1-32-18-24(33-16-21-8-4-2-5-9-21)20-36-38(34-17-22-10-6-3-7-11-22)35-19-23-12-13-26(37-23)29-15-14-25(30)28-27(29)31/h3,6-7,10-11,14-15,21,23-24,26H,2,4-5,8-9,12-13,16-20H2,1H3,(H,28,30,31). The third kappa shape index (κ3) is 9.38. The van der Waals surface area contributed by atoms with Crippen molar-refractivity contribution in [2.75, 3.05) is 33.5 Å². The van der Waals surface area contributed by atoms with Crippen LogP contribution in [0.4, 0.5) is 0 Å². The van der Waals surface area contributed by atoms with Crippen molar-refractivity contribution in [2.45, 2.75) is 70.0 Å². The van der Waals surface area contributed by atoms with Gasteiger partial charge in [0.05, 0.1) is 32.5 Å². The lowest BCUT2D eigenvalue weighted by molar-refractivity contribution is -0.0496. The van der Waals surface area contributed by atoms with Gasteiger partial charge in [0.15, 0.2) is 0 Å². The van der Waals surface area contributed by atoms with Gasteiger partial charge in [-0.15, -0.1) is 0 Å². The Labute approximate surface area is 224 Å². The summed E-state index contributed by atoms with van der Waals surface area (Å²) in [5.74, 6) is 0.595. The summed E-state index contributed by atoms with van der Waals surface area (Å²) in [5.41, 5.74) is 0.0964. The van der Waals surface area contributed by atoms with Crippen LogP contribution in [-0.4, -0.2) is 55.3 Å². The number of H-pyrrole nitrogens is 1. The Morgan fingerprint density at radius 1 is 0.974 bits per heavy atom. The average Bonchev–Trinajstić information content (AvgIpc) is 3.41. The summed E-state index contributed by atoms with van der Waals surface area (Å²) in [6.07, 6.45) is 8.17. The lowest BCUT2D eigenvalue weighted by Crippen LogP contribution is -2.31. The molecule has 2 fully saturated rings. The minimum absolute atomic E-state index is 0.213. The molecule has 2 aromatic rings. The van der Waals surface area contributed by atoms with E-state index in [-0.39, 0.29) is 18.8 Å². The highest BCUT2D eigenvalue weighted by Gasteiger charge is 2.29. The molecule has 0 amide bonds. The van der Waals surface area contributed by atoms with Gasteiger partial charge in [0.2, 0.25) is 0 Å². The zero-order valence-electron chi connectivity index (χ0n) is 22.0. The first-order valence-electron chi connectivity index (χ1n) is 13.4. The van der Waals surface area contributed by atoms with E-state index in [2.05, 4.69) is 4.98 Å². The van der Waals surface area contributed by atoms with Gasteiger partial charge in [-0.25, -0.2) is 4.79 Å². The third-order valence-electron chi connectivity index (χ3n) is 6.80. The largest absolute Gasteiger partial charge is 0.382 e. The van der Waals surface area contributed by atoms with Crippen molar-refractivity contribution in [3.05, 3.63) is 69.0 Å². The SMILES string of the molecule is COCC(COP(OCc1ccccc1)OCC1CCC(n2ccc(=O)[nH]c2=O)O1)OCC1CCCCC1. The van der Waals surface area contributed by atoms with Crippen molar-refractivity contribution >= 4 is 8.60 Å². The molecule has 38 heavy (non-hydrogen) atoms. The third-order valence-corrected chi connectivity index (χ3v) is 7.86. The number of benzene rings is 1. The molecule has 10 nitrogen and oxygen atoms in total. The summed E-state index contributed by atoms with van der Waals surface area (Å²) in [6, 6.07) is 11.2. The van der Waals surface area contributed by atoms with Gasteiger partial charge >= 0.3 is 14.3 Å². The molecule has 4 unspecified atom stereocenters. The molecule has 11 heteroatoms. The molecule has 1 aromatic heterocycles. The van der Waals surface area contributed by atoms with Crippen molar-refractivity contribution < 1.29 is 27.8 Å². The van der Waals surface area contributed by atoms with Crippen LogP contribution in [0.15, 0.2) is 52.2 Å². The molecule has 1 aromatic carbocycles. The molecule has 1 N–H and O–H groups in total. The van der Waals surface area contributed by atoms with Crippen molar-refractivity contribution in [1.29, 1.82) is 0 Å². The predicted molar refractivity (Wildman–Crippen MR) is 143 cm³/mol. The van der Waals surface area contributed by atoms with Crippen LogP contribution >= 0.6 is 8.60 Å². The van der Waals surface area contributed by atoms with Gasteiger partial charge in [-0.05, 0) is 37.2 Å². The molecule has 1 aliphatic heterocycles. The van der Waals surface area contributed by atoms with Crippen LogP contribution in [0, 0.1) is 5.92 Å².